The maximum atomic E-state index is 12.9. The third-order valence-electron chi connectivity index (χ3n) is 4.90. The van der Waals surface area contributed by atoms with Crippen LogP contribution in [-0.4, -0.2) is 22.0 Å². The molecular weight excluding hydrogens is 394 g/mol. The van der Waals surface area contributed by atoms with Crippen LogP contribution in [0.25, 0.3) is 0 Å². The topological polar surface area (TPSA) is 64.1 Å². The second kappa shape index (κ2) is 9.30. The average Bonchev–Trinajstić information content (AvgIpc) is 3.20. The van der Waals surface area contributed by atoms with E-state index in [4.69, 9.17) is 4.74 Å². The molecule has 30 heavy (non-hydrogen) atoms. The third-order valence-corrected chi connectivity index (χ3v) is 5.98. The van der Waals surface area contributed by atoms with E-state index in [9.17, 15) is 4.79 Å². The number of anilines is 1. The quantitative estimate of drug-likeness (QED) is 0.527. The molecule has 0 radical (unpaired) electrons. The monoisotopic (exact) mass is 419 g/mol. The zero-order valence-corrected chi connectivity index (χ0v) is 18.0. The summed E-state index contributed by atoms with van der Waals surface area (Å²) in [6.07, 6.45) is 6.94. The lowest BCUT2D eigenvalue weighted by atomic mass is 10.1. The van der Waals surface area contributed by atoms with E-state index >= 15 is 0 Å². The minimum Gasteiger partial charge on any atom is -0.475 e. The van der Waals surface area contributed by atoms with Gasteiger partial charge < -0.3 is 10.1 Å². The van der Waals surface area contributed by atoms with Gasteiger partial charge in [-0.3, -0.25) is 4.79 Å². The number of aryl methyl sites for hydroxylation is 2. The number of aromatic nitrogens is 2. The first-order chi connectivity index (χ1) is 14.6. The van der Waals surface area contributed by atoms with Crippen LogP contribution in [0.3, 0.4) is 0 Å². The van der Waals surface area contributed by atoms with E-state index < -0.39 is 0 Å². The number of fused-ring (bicyclic) bond motifs is 1. The molecule has 4 rings (SSSR count). The van der Waals surface area contributed by atoms with Gasteiger partial charge in [-0.2, -0.15) is 0 Å². The van der Waals surface area contributed by atoms with Crippen LogP contribution in [-0.2, 0) is 18.6 Å². The zero-order valence-electron chi connectivity index (χ0n) is 17.2. The summed E-state index contributed by atoms with van der Waals surface area (Å²) in [5, 5.41) is 3.74. The highest BCUT2D eigenvalue weighted by atomic mass is 32.2. The number of carbonyl (C=O) groups excluding carboxylic acids is 1. The molecular formula is C24H25N3O2S. The third kappa shape index (κ3) is 5.00. The number of nitrogens with one attached hydrogen (secondary N) is 1. The fourth-order valence-corrected chi connectivity index (χ4v) is 4.46. The van der Waals surface area contributed by atoms with Crippen LogP contribution in [0.5, 0.6) is 5.88 Å². The van der Waals surface area contributed by atoms with Crippen LogP contribution < -0.4 is 10.1 Å². The van der Waals surface area contributed by atoms with E-state index in [0.29, 0.717) is 22.2 Å². The van der Waals surface area contributed by atoms with Crippen LogP contribution in [0.2, 0.25) is 0 Å². The highest BCUT2D eigenvalue weighted by molar-refractivity contribution is 7.98. The molecule has 0 saturated heterocycles. The first-order valence-electron chi connectivity index (χ1n) is 10.2. The lowest BCUT2D eigenvalue weighted by Crippen LogP contribution is -2.14. The molecule has 0 aliphatic heterocycles. The average molecular weight is 420 g/mol. The number of amides is 1. The number of hydrogen-bond acceptors (Lipinski definition) is 5. The molecule has 154 valence electrons. The summed E-state index contributed by atoms with van der Waals surface area (Å²) in [7, 11) is 0. The molecule has 0 unspecified atom stereocenters. The summed E-state index contributed by atoms with van der Waals surface area (Å²) in [4.78, 5) is 21.6. The SMILES string of the molecule is CC(C)Oc1cc(CSc2ncccc2C(=O)Nc2ccc3c(c2)CCC3)ccn1. The van der Waals surface area contributed by atoms with E-state index in [0.717, 1.165) is 24.1 Å². The number of carbonyl (C=O) groups is 1. The van der Waals surface area contributed by atoms with Gasteiger partial charge in [-0.25, -0.2) is 9.97 Å². The highest BCUT2D eigenvalue weighted by Gasteiger charge is 2.16. The predicted molar refractivity (Wildman–Crippen MR) is 120 cm³/mol. The van der Waals surface area contributed by atoms with Crippen LogP contribution in [0.15, 0.2) is 59.9 Å². The summed E-state index contributed by atoms with van der Waals surface area (Å²) in [5.74, 6) is 1.15. The van der Waals surface area contributed by atoms with Crippen molar-refractivity contribution in [3.8, 4) is 5.88 Å². The van der Waals surface area contributed by atoms with Gasteiger partial charge in [-0.1, -0.05) is 6.07 Å². The summed E-state index contributed by atoms with van der Waals surface area (Å²) < 4.78 is 5.67. The Labute approximate surface area is 181 Å². The molecule has 3 aromatic rings. The number of benzene rings is 1. The normalized spacial score (nSPS) is 12.6. The molecule has 5 nitrogen and oxygen atoms in total. The van der Waals surface area contributed by atoms with Gasteiger partial charge in [0, 0.05) is 29.9 Å². The van der Waals surface area contributed by atoms with Gasteiger partial charge in [0.05, 0.1) is 11.7 Å². The number of pyridine rings is 2. The summed E-state index contributed by atoms with van der Waals surface area (Å²) in [6, 6.07) is 13.7. The van der Waals surface area contributed by atoms with Crippen molar-refractivity contribution in [3.05, 3.63) is 77.1 Å². The molecule has 2 aromatic heterocycles. The molecule has 6 heteroatoms. The maximum Gasteiger partial charge on any atom is 0.258 e. The van der Waals surface area contributed by atoms with Crippen molar-refractivity contribution in [3.63, 3.8) is 0 Å². The fourth-order valence-electron chi connectivity index (χ4n) is 3.52. The standard InChI is InChI=1S/C24H25N3O2S/c1-16(2)29-22-13-17(10-12-25-22)15-30-24-21(7-4-11-26-24)23(28)27-20-9-8-18-5-3-6-19(18)14-20/h4,7-14,16H,3,5-6,15H2,1-2H3,(H,27,28). The van der Waals surface area contributed by atoms with Crippen molar-refractivity contribution >= 4 is 23.4 Å². The molecule has 1 amide bonds. The van der Waals surface area contributed by atoms with Crippen LogP contribution in [0, 0.1) is 0 Å². The Morgan fingerprint density at radius 3 is 2.83 bits per heavy atom. The molecule has 1 N–H and O–H groups in total. The number of rotatable bonds is 7. The largest absolute Gasteiger partial charge is 0.475 e. The van der Waals surface area contributed by atoms with Crippen molar-refractivity contribution in [1.82, 2.24) is 9.97 Å². The second-order valence-electron chi connectivity index (χ2n) is 7.60. The molecule has 1 aliphatic rings. The van der Waals surface area contributed by atoms with Gasteiger partial charge in [0.15, 0.2) is 0 Å². The van der Waals surface area contributed by atoms with Crippen molar-refractivity contribution in [2.45, 2.75) is 50.0 Å². The van der Waals surface area contributed by atoms with Crippen LogP contribution in [0.4, 0.5) is 5.69 Å². The Morgan fingerprint density at radius 2 is 1.97 bits per heavy atom. The lowest BCUT2D eigenvalue weighted by molar-refractivity contribution is 0.102. The smallest absolute Gasteiger partial charge is 0.258 e. The van der Waals surface area contributed by atoms with Crippen molar-refractivity contribution < 1.29 is 9.53 Å². The Hall–Kier alpha value is -2.86. The van der Waals surface area contributed by atoms with Gasteiger partial charge in [0.25, 0.3) is 5.91 Å². The first-order valence-corrected chi connectivity index (χ1v) is 11.2. The lowest BCUT2D eigenvalue weighted by Gasteiger charge is -2.11. The number of ether oxygens (including phenoxy) is 1. The van der Waals surface area contributed by atoms with Gasteiger partial charge >= 0.3 is 0 Å². The molecule has 0 fully saturated rings. The molecule has 0 spiro atoms. The number of nitrogens with zero attached hydrogens (tertiary/aromatic N) is 2. The van der Waals surface area contributed by atoms with Gasteiger partial charge in [-0.05, 0) is 80.1 Å². The molecule has 1 aromatic carbocycles. The van der Waals surface area contributed by atoms with Crippen molar-refractivity contribution in [2.75, 3.05) is 5.32 Å². The zero-order chi connectivity index (χ0) is 20.9. The van der Waals surface area contributed by atoms with Gasteiger partial charge in [-0.15, -0.1) is 11.8 Å². The van der Waals surface area contributed by atoms with E-state index in [1.807, 2.05) is 38.1 Å². The molecule has 0 saturated carbocycles. The van der Waals surface area contributed by atoms with Crippen molar-refractivity contribution in [1.29, 1.82) is 0 Å². The summed E-state index contributed by atoms with van der Waals surface area (Å²) in [6.45, 7) is 3.95. The van der Waals surface area contributed by atoms with E-state index in [-0.39, 0.29) is 12.0 Å². The predicted octanol–water partition coefficient (Wildman–Crippen LogP) is 5.30. The second-order valence-corrected chi connectivity index (χ2v) is 8.57. The Morgan fingerprint density at radius 1 is 1.10 bits per heavy atom. The van der Waals surface area contributed by atoms with Gasteiger partial charge in [0.2, 0.25) is 5.88 Å². The number of hydrogen-bond donors (Lipinski definition) is 1. The Bertz CT molecular complexity index is 1050. The minimum absolute atomic E-state index is 0.0747. The molecule has 1 aliphatic carbocycles. The summed E-state index contributed by atoms with van der Waals surface area (Å²) in [5.41, 5.74) is 5.22. The molecule has 0 atom stereocenters. The van der Waals surface area contributed by atoms with E-state index in [1.54, 1.807) is 18.5 Å². The van der Waals surface area contributed by atoms with Crippen molar-refractivity contribution in [2.24, 2.45) is 0 Å². The Balaban J connectivity index is 1.45. The highest BCUT2D eigenvalue weighted by Crippen LogP contribution is 2.28. The number of thioether (sulfide) groups is 1. The Kier molecular flexibility index (Phi) is 6.33. The first kappa shape index (κ1) is 20.4. The maximum absolute atomic E-state index is 12.9. The summed E-state index contributed by atoms with van der Waals surface area (Å²) >= 11 is 1.53. The van der Waals surface area contributed by atoms with Crippen LogP contribution >= 0.6 is 11.8 Å². The molecule has 0 bridgehead atoms. The fraction of sp³-hybridized carbons (Fsp3) is 0.292. The molecule has 2 heterocycles. The minimum atomic E-state index is -0.137. The van der Waals surface area contributed by atoms with E-state index in [2.05, 4.69) is 27.4 Å². The van der Waals surface area contributed by atoms with Crippen LogP contribution in [0.1, 0.15) is 47.3 Å². The van der Waals surface area contributed by atoms with Gasteiger partial charge in [0.1, 0.15) is 5.03 Å². The van der Waals surface area contributed by atoms with E-state index in [1.165, 1.54) is 29.3 Å².